The molecule has 2 amide bonds. The van der Waals surface area contributed by atoms with Gasteiger partial charge in [0.05, 0.1) is 19.3 Å². The molecule has 0 aromatic rings. The molecular formula is C17H37N3O6. The number of aliphatic hydroxyl groups excluding tert-OH is 1. The van der Waals surface area contributed by atoms with E-state index in [4.69, 9.17) is 15.1 Å². The Kier molecular flexibility index (Phi) is 26.4. The van der Waals surface area contributed by atoms with Gasteiger partial charge in [0, 0.05) is 33.5 Å². The number of carbonyl (C=O) groups excluding carboxylic acids is 2. The van der Waals surface area contributed by atoms with Gasteiger partial charge in [-0.3, -0.25) is 25.0 Å². The summed E-state index contributed by atoms with van der Waals surface area (Å²) in [7, 11) is 5.17. The van der Waals surface area contributed by atoms with Crippen LogP contribution in [0.2, 0.25) is 0 Å². The number of hydrogen-bond donors (Lipinski definition) is 4. The lowest BCUT2D eigenvalue weighted by Crippen LogP contribution is -2.19. The maximum absolute atomic E-state index is 10.5. The van der Waals surface area contributed by atoms with E-state index in [-0.39, 0.29) is 12.7 Å². The molecular weight excluding hydrogens is 342 g/mol. The number of methoxy groups -OCH3 is 1. The highest BCUT2D eigenvalue weighted by Crippen LogP contribution is 2.05. The molecule has 1 atom stereocenters. The Bertz CT molecular complexity index is 327. The highest BCUT2D eigenvalue weighted by atomic mass is 16.8. The molecule has 0 radical (unpaired) electrons. The van der Waals surface area contributed by atoms with Crippen molar-refractivity contribution in [1.29, 1.82) is 0 Å². The van der Waals surface area contributed by atoms with Crippen molar-refractivity contribution in [1.82, 2.24) is 15.9 Å². The summed E-state index contributed by atoms with van der Waals surface area (Å²) in [6.07, 6.45) is 6.29. The van der Waals surface area contributed by atoms with Gasteiger partial charge in [-0.05, 0) is 12.3 Å². The molecule has 0 saturated carbocycles. The van der Waals surface area contributed by atoms with E-state index < -0.39 is 5.91 Å². The van der Waals surface area contributed by atoms with Crippen molar-refractivity contribution in [2.45, 2.75) is 46.1 Å². The smallest absolute Gasteiger partial charge is 0.251 e. The van der Waals surface area contributed by atoms with Crippen molar-refractivity contribution in [2.75, 3.05) is 34.4 Å². The number of imide groups is 1. The van der Waals surface area contributed by atoms with Crippen LogP contribution in [0.5, 0.6) is 0 Å². The van der Waals surface area contributed by atoms with Gasteiger partial charge in [0.1, 0.15) is 0 Å². The predicted octanol–water partition coefficient (Wildman–Crippen LogP) is 1.07. The summed E-state index contributed by atoms with van der Waals surface area (Å²) in [6, 6.07) is 0. The van der Waals surface area contributed by atoms with Gasteiger partial charge in [-0.2, -0.15) is 0 Å². The number of carbonyl (C=O) groups is 2. The normalized spacial score (nSPS) is 11.1. The molecule has 9 nitrogen and oxygen atoms in total. The molecule has 0 rings (SSSR count). The Hall–Kier alpha value is -1.52. The minimum atomic E-state index is -0.413. The summed E-state index contributed by atoms with van der Waals surface area (Å²) in [5.41, 5.74) is 1.67. The first-order valence-electron chi connectivity index (χ1n) is 8.59. The van der Waals surface area contributed by atoms with Gasteiger partial charge in [-0.25, -0.2) is 0 Å². The van der Waals surface area contributed by atoms with Crippen LogP contribution >= 0.6 is 0 Å². The van der Waals surface area contributed by atoms with Crippen molar-refractivity contribution in [2.24, 2.45) is 5.92 Å². The average molecular weight is 379 g/mol. The molecule has 0 bridgehead atoms. The summed E-state index contributed by atoms with van der Waals surface area (Å²) in [5, 5.41) is 18.4. The quantitative estimate of drug-likeness (QED) is 0.239. The topological polar surface area (TPSA) is 120 Å². The van der Waals surface area contributed by atoms with Crippen molar-refractivity contribution in [3.8, 4) is 0 Å². The summed E-state index contributed by atoms with van der Waals surface area (Å²) in [6.45, 7) is 6.91. The molecule has 1 unspecified atom stereocenters. The SMILES string of the molecule is CCC(CC)CONO.CCC(CO)OC.CN(C)/C=C\C(=O)NC=O. The highest BCUT2D eigenvalue weighted by molar-refractivity contribution is 5.94. The number of nitrogens with zero attached hydrogens (tertiary/aromatic N) is 1. The molecule has 0 heterocycles. The first kappa shape index (κ1) is 29.3. The van der Waals surface area contributed by atoms with Crippen molar-refractivity contribution in [3.05, 3.63) is 12.3 Å². The van der Waals surface area contributed by atoms with E-state index in [2.05, 4.69) is 18.7 Å². The lowest BCUT2D eigenvalue weighted by Gasteiger charge is -2.09. The van der Waals surface area contributed by atoms with Crippen molar-refractivity contribution < 1.29 is 29.5 Å². The second-order valence-corrected chi connectivity index (χ2v) is 5.44. The lowest BCUT2D eigenvalue weighted by atomic mass is 10.1. The van der Waals surface area contributed by atoms with Crippen LogP contribution in [0.15, 0.2) is 12.3 Å². The van der Waals surface area contributed by atoms with Crippen molar-refractivity contribution in [3.63, 3.8) is 0 Å². The molecule has 0 saturated heterocycles. The first-order valence-corrected chi connectivity index (χ1v) is 8.59. The molecule has 156 valence electrons. The molecule has 9 heteroatoms. The van der Waals surface area contributed by atoms with Gasteiger partial charge in [0.15, 0.2) is 0 Å². The van der Waals surface area contributed by atoms with Gasteiger partial charge in [-0.1, -0.05) is 39.3 Å². The summed E-state index contributed by atoms with van der Waals surface area (Å²) < 4.78 is 4.80. The van der Waals surface area contributed by atoms with E-state index in [1.165, 1.54) is 6.08 Å². The van der Waals surface area contributed by atoms with E-state index in [9.17, 15) is 9.59 Å². The van der Waals surface area contributed by atoms with Crippen LogP contribution in [-0.2, 0) is 19.2 Å². The minimum absolute atomic E-state index is 0.0417. The van der Waals surface area contributed by atoms with E-state index in [0.717, 1.165) is 19.3 Å². The number of hydrogen-bond acceptors (Lipinski definition) is 8. The molecule has 0 fully saturated rings. The predicted molar refractivity (Wildman–Crippen MR) is 100 cm³/mol. The minimum Gasteiger partial charge on any atom is -0.394 e. The molecule has 0 aromatic carbocycles. The maximum atomic E-state index is 10.5. The molecule has 4 N–H and O–H groups in total. The van der Waals surface area contributed by atoms with E-state index in [1.54, 1.807) is 37.9 Å². The highest BCUT2D eigenvalue weighted by Gasteiger charge is 2.01. The van der Waals surface area contributed by atoms with Gasteiger partial charge in [0.25, 0.3) is 5.91 Å². The molecule has 0 aliphatic carbocycles. The number of rotatable bonds is 11. The second-order valence-electron chi connectivity index (χ2n) is 5.44. The maximum Gasteiger partial charge on any atom is 0.251 e. The van der Waals surface area contributed by atoms with Crippen LogP contribution < -0.4 is 11.0 Å². The summed E-state index contributed by atoms with van der Waals surface area (Å²) in [5.74, 6) is 0.147. The second kappa shape index (κ2) is 23.5. The molecule has 26 heavy (non-hydrogen) atoms. The van der Waals surface area contributed by atoms with Crippen LogP contribution in [0.25, 0.3) is 0 Å². The Morgan fingerprint density at radius 1 is 1.19 bits per heavy atom. The van der Waals surface area contributed by atoms with Gasteiger partial charge >= 0.3 is 0 Å². The largest absolute Gasteiger partial charge is 0.394 e. The summed E-state index contributed by atoms with van der Waals surface area (Å²) in [4.78, 5) is 26.5. The van der Waals surface area contributed by atoms with Crippen molar-refractivity contribution >= 4 is 12.3 Å². The van der Waals surface area contributed by atoms with Crippen LogP contribution in [-0.4, -0.2) is 68.1 Å². The van der Waals surface area contributed by atoms with Crippen LogP contribution in [0.1, 0.15) is 40.0 Å². The number of ether oxygens (including phenoxy) is 1. The monoisotopic (exact) mass is 379 g/mol. The third-order valence-corrected chi connectivity index (χ3v) is 3.26. The zero-order valence-electron chi connectivity index (χ0n) is 16.9. The lowest BCUT2D eigenvalue weighted by molar-refractivity contribution is -0.137. The van der Waals surface area contributed by atoms with Gasteiger partial charge < -0.3 is 14.7 Å². The van der Waals surface area contributed by atoms with Gasteiger partial charge in [-0.15, -0.1) is 0 Å². The average Bonchev–Trinajstić information content (AvgIpc) is 2.64. The number of amides is 2. The Morgan fingerprint density at radius 3 is 2.04 bits per heavy atom. The fourth-order valence-corrected chi connectivity index (χ4v) is 1.37. The Morgan fingerprint density at radius 2 is 1.77 bits per heavy atom. The molecule has 0 spiro atoms. The number of aliphatic hydroxyl groups is 1. The van der Waals surface area contributed by atoms with E-state index >= 15 is 0 Å². The third kappa shape index (κ3) is 24.7. The third-order valence-electron chi connectivity index (χ3n) is 3.26. The summed E-state index contributed by atoms with van der Waals surface area (Å²) >= 11 is 0. The van der Waals surface area contributed by atoms with Gasteiger partial charge in [0.2, 0.25) is 6.41 Å². The van der Waals surface area contributed by atoms with Crippen LogP contribution in [0.3, 0.4) is 0 Å². The molecule has 0 aliphatic rings. The van der Waals surface area contributed by atoms with E-state index in [0.29, 0.717) is 18.9 Å². The zero-order chi connectivity index (χ0) is 20.8. The fourth-order valence-electron chi connectivity index (χ4n) is 1.37. The first-order chi connectivity index (χ1) is 12.4. The number of nitrogens with one attached hydrogen (secondary N) is 2. The Labute approximate surface area is 157 Å². The van der Waals surface area contributed by atoms with E-state index in [1.807, 2.05) is 12.2 Å². The standard InChI is InChI=1S/C6H10N2O2.C6H15NO2.C5H12O2/c1-8(2)4-3-6(10)7-5-9;1-3-6(4-2)5-9-7-8;1-3-5(4-6)7-2/h3-5H,1-2H3,(H,7,9,10);6-8H,3-5H2,1-2H3;5-6H,3-4H2,1-2H3/b4-3-;;. The fraction of sp³-hybridized carbons (Fsp3) is 0.765. The van der Waals surface area contributed by atoms with Crippen LogP contribution in [0.4, 0.5) is 0 Å². The molecule has 0 aromatic heterocycles. The zero-order valence-corrected chi connectivity index (χ0v) is 16.9. The Balaban J connectivity index is -0.000000310. The van der Waals surface area contributed by atoms with Crippen LogP contribution in [0, 0.1) is 5.92 Å². The molecule has 0 aliphatic heterocycles.